The van der Waals surface area contributed by atoms with Crippen molar-refractivity contribution in [3.63, 3.8) is 0 Å². The van der Waals surface area contributed by atoms with Crippen molar-refractivity contribution in [2.45, 2.75) is 11.3 Å². The summed E-state index contributed by atoms with van der Waals surface area (Å²) in [7, 11) is -2.62. The summed E-state index contributed by atoms with van der Waals surface area (Å²) in [6, 6.07) is 13.1. The Morgan fingerprint density at radius 1 is 1.16 bits per heavy atom. The number of carbonyl (C=O) groups excluding carboxylic acids is 1. The first-order valence-corrected chi connectivity index (χ1v) is 8.74. The van der Waals surface area contributed by atoms with Gasteiger partial charge in [0.15, 0.2) is 0 Å². The van der Waals surface area contributed by atoms with Gasteiger partial charge in [0.25, 0.3) is 0 Å². The van der Waals surface area contributed by atoms with Crippen LogP contribution in [0.15, 0.2) is 53.4 Å². The first kappa shape index (κ1) is 18.6. The van der Waals surface area contributed by atoms with Crippen molar-refractivity contribution in [1.82, 2.24) is 4.31 Å². The zero-order chi connectivity index (χ0) is 18.4. The van der Waals surface area contributed by atoms with Crippen LogP contribution in [0, 0.1) is 17.1 Å². The van der Waals surface area contributed by atoms with Crippen molar-refractivity contribution in [3.05, 3.63) is 59.9 Å². The van der Waals surface area contributed by atoms with E-state index in [0.717, 1.165) is 34.1 Å². The average molecular weight is 361 g/mol. The van der Waals surface area contributed by atoms with E-state index in [-0.39, 0.29) is 17.9 Å². The first-order chi connectivity index (χ1) is 11.8. The van der Waals surface area contributed by atoms with E-state index >= 15 is 0 Å². The average Bonchev–Trinajstić information content (AvgIpc) is 2.57. The van der Waals surface area contributed by atoms with Gasteiger partial charge < -0.3 is 5.32 Å². The minimum Gasteiger partial charge on any atom is -0.325 e. The molecule has 0 saturated carbocycles. The van der Waals surface area contributed by atoms with Gasteiger partial charge in [0, 0.05) is 12.7 Å². The molecule has 2 aromatic carbocycles. The van der Waals surface area contributed by atoms with E-state index in [9.17, 15) is 17.6 Å². The number of nitrogens with zero attached hydrogens (tertiary/aromatic N) is 2. The van der Waals surface area contributed by atoms with Gasteiger partial charge in [-0.3, -0.25) is 4.79 Å². The van der Waals surface area contributed by atoms with Crippen LogP contribution in [0.4, 0.5) is 10.1 Å². The number of amides is 1. The molecule has 0 heterocycles. The lowest BCUT2D eigenvalue weighted by atomic mass is 10.1. The van der Waals surface area contributed by atoms with Crippen LogP contribution < -0.4 is 5.32 Å². The van der Waals surface area contributed by atoms with Crippen molar-refractivity contribution < 1.29 is 17.6 Å². The van der Waals surface area contributed by atoms with Crippen LogP contribution in [0.1, 0.15) is 5.56 Å². The summed E-state index contributed by atoms with van der Waals surface area (Å²) < 4.78 is 38.5. The molecule has 0 radical (unpaired) electrons. The summed E-state index contributed by atoms with van der Waals surface area (Å²) in [4.78, 5) is 11.9. The van der Waals surface area contributed by atoms with Crippen LogP contribution in [0.5, 0.6) is 0 Å². The third-order valence-corrected chi connectivity index (χ3v) is 5.23. The molecule has 0 aliphatic heterocycles. The number of nitriles is 1. The quantitative estimate of drug-likeness (QED) is 0.854. The molecule has 0 aromatic heterocycles. The molecule has 0 bridgehead atoms. The number of rotatable bonds is 6. The van der Waals surface area contributed by atoms with Gasteiger partial charge in [0.1, 0.15) is 5.82 Å². The Morgan fingerprint density at radius 3 is 2.32 bits per heavy atom. The summed E-state index contributed by atoms with van der Waals surface area (Å²) >= 11 is 0. The zero-order valence-electron chi connectivity index (χ0n) is 13.4. The Hall–Kier alpha value is -2.76. The second-order valence-electron chi connectivity index (χ2n) is 5.29. The summed E-state index contributed by atoms with van der Waals surface area (Å²) in [5, 5.41) is 11.2. The molecule has 8 heteroatoms. The smallest absolute Gasteiger partial charge is 0.243 e. The van der Waals surface area contributed by atoms with Crippen LogP contribution in [-0.2, 0) is 21.2 Å². The number of nitrogens with one attached hydrogen (secondary N) is 1. The number of benzene rings is 2. The van der Waals surface area contributed by atoms with E-state index in [4.69, 9.17) is 5.26 Å². The van der Waals surface area contributed by atoms with Gasteiger partial charge in [-0.2, -0.15) is 9.57 Å². The second-order valence-corrected chi connectivity index (χ2v) is 7.34. The fourth-order valence-corrected chi connectivity index (χ4v) is 3.20. The number of anilines is 1. The minimum atomic E-state index is -3.89. The predicted octanol–water partition coefficient (Wildman–Crippen LogP) is 2.15. The Kier molecular flexibility index (Phi) is 5.85. The van der Waals surface area contributed by atoms with Crippen molar-refractivity contribution in [2.75, 3.05) is 18.9 Å². The maximum Gasteiger partial charge on any atom is 0.243 e. The molecular weight excluding hydrogens is 345 g/mol. The summed E-state index contributed by atoms with van der Waals surface area (Å²) in [6.07, 6.45) is 0.271. The molecular formula is C17H16FN3O3S. The molecule has 1 amide bonds. The number of sulfonamides is 1. The standard InChI is InChI=1S/C17H16FN3O3S/c1-21(25(23,24)16-8-4-14(18)5-9-16)12-17(22)20-15-6-2-13(3-7-15)10-11-19/h2-9H,10,12H2,1H3,(H,20,22). The Morgan fingerprint density at radius 2 is 1.76 bits per heavy atom. The van der Waals surface area contributed by atoms with Gasteiger partial charge in [0.05, 0.1) is 23.9 Å². The summed E-state index contributed by atoms with van der Waals surface area (Å²) in [5.74, 6) is -1.06. The fraction of sp³-hybridized carbons (Fsp3) is 0.176. The molecule has 25 heavy (non-hydrogen) atoms. The van der Waals surface area contributed by atoms with Gasteiger partial charge in [-0.25, -0.2) is 12.8 Å². The topological polar surface area (TPSA) is 90.3 Å². The van der Waals surface area contributed by atoms with E-state index in [1.165, 1.54) is 7.05 Å². The lowest BCUT2D eigenvalue weighted by Crippen LogP contribution is -2.34. The van der Waals surface area contributed by atoms with Gasteiger partial charge in [-0.15, -0.1) is 0 Å². The van der Waals surface area contributed by atoms with E-state index in [0.29, 0.717) is 5.69 Å². The van der Waals surface area contributed by atoms with Gasteiger partial charge in [-0.05, 0) is 42.0 Å². The second kappa shape index (κ2) is 7.88. The molecule has 2 aromatic rings. The van der Waals surface area contributed by atoms with E-state index in [2.05, 4.69) is 5.32 Å². The summed E-state index contributed by atoms with van der Waals surface area (Å²) in [5.41, 5.74) is 1.32. The number of halogens is 1. The lowest BCUT2D eigenvalue weighted by Gasteiger charge is -2.17. The van der Waals surface area contributed by atoms with Gasteiger partial charge in [0.2, 0.25) is 15.9 Å². The highest BCUT2D eigenvalue weighted by Gasteiger charge is 2.23. The molecule has 0 aliphatic carbocycles. The number of carbonyl (C=O) groups is 1. The monoisotopic (exact) mass is 361 g/mol. The number of hydrogen-bond donors (Lipinski definition) is 1. The summed E-state index contributed by atoms with van der Waals surface area (Å²) in [6.45, 7) is -0.389. The molecule has 0 fully saturated rings. The highest BCUT2D eigenvalue weighted by Crippen LogP contribution is 2.15. The Bertz CT molecular complexity index is 888. The maximum atomic E-state index is 12.9. The Balaban J connectivity index is 2.01. The fourth-order valence-electron chi connectivity index (χ4n) is 2.07. The lowest BCUT2D eigenvalue weighted by molar-refractivity contribution is -0.116. The molecule has 1 N–H and O–H groups in total. The molecule has 0 aliphatic rings. The first-order valence-electron chi connectivity index (χ1n) is 7.30. The largest absolute Gasteiger partial charge is 0.325 e. The predicted molar refractivity (Wildman–Crippen MR) is 90.6 cm³/mol. The van der Waals surface area contributed by atoms with Crippen molar-refractivity contribution >= 4 is 21.6 Å². The zero-order valence-corrected chi connectivity index (χ0v) is 14.3. The maximum absolute atomic E-state index is 12.9. The SMILES string of the molecule is CN(CC(=O)Nc1ccc(CC#N)cc1)S(=O)(=O)c1ccc(F)cc1. The molecule has 0 spiro atoms. The van der Waals surface area contributed by atoms with Crippen molar-refractivity contribution in [1.29, 1.82) is 5.26 Å². The molecule has 0 atom stereocenters. The normalized spacial score (nSPS) is 11.1. The van der Waals surface area contributed by atoms with E-state index < -0.39 is 21.7 Å². The van der Waals surface area contributed by atoms with Gasteiger partial charge in [-0.1, -0.05) is 12.1 Å². The molecule has 0 unspecified atom stereocenters. The minimum absolute atomic E-state index is 0.0925. The highest BCUT2D eigenvalue weighted by molar-refractivity contribution is 7.89. The third-order valence-electron chi connectivity index (χ3n) is 3.41. The number of hydrogen-bond acceptors (Lipinski definition) is 4. The number of likely N-dealkylation sites (N-methyl/N-ethyl adjacent to an activating group) is 1. The van der Waals surface area contributed by atoms with Crippen molar-refractivity contribution in [3.8, 4) is 6.07 Å². The molecule has 0 saturated heterocycles. The van der Waals surface area contributed by atoms with E-state index in [1.807, 2.05) is 6.07 Å². The van der Waals surface area contributed by atoms with Crippen LogP contribution in [0.2, 0.25) is 0 Å². The molecule has 6 nitrogen and oxygen atoms in total. The highest BCUT2D eigenvalue weighted by atomic mass is 32.2. The Labute approximate surface area is 145 Å². The van der Waals surface area contributed by atoms with Crippen LogP contribution in [0.3, 0.4) is 0 Å². The third kappa shape index (κ3) is 4.86. The van der Waals surface area contributed by atoms with Crippen LogP contribution in [-0.4, -0.2) is 32.2 Å². The van der Waals surface area contributed by atoms with Crippen LogP contribution in [0.25, 0.3) is 0 Å². The van der Waals surface area contributed by atoms with Crippen molar-refractivity contribution in [2.24, 2.45) is 0 Å². The molecule has 130 valence electrons. The molecule has 2 rings (SSSR count). The van der Waals surface area contributed by atoms with Gasteiger partial charge >= 0.3 is 0 Å². The van der Waals surface area contributed by atoms with E-state index in [1.54, 1.807) is 24.3 Å². The van der Waals surface area contributed by atoms with Crippen LogP contribution >= 0.6 is 0 Å².